The molecule has 0 fully saturated rings. The topological polar surface area (TPSA) is 95.5 Å². The standard InChI is InChI=1S/C25H24N2O4S/c1-16(18-8-7-17-5-3-4-6-19(17)14-18)13-23(28)27-22-15-20(9-10-21(22)25(30)31)24(29)26-11-12-32-2/h3-10,13-15H,11-12H2,1-2H3,(H,26,29)(H,27,28)(H,30,31). The molecule has 0 atom stereocenters. The van der Waals surface area contributed by atoms with E-state index in [1.807, 2.05) is 55.6 Å². The van der Waals surface area contributed by atoms with Crippen LogP contribution in [0.5, 0.6) is 0 Å². The number of hydrogen-bond donors (Lipinski definition) is 3. The van der Waals surface area contributed by atoms with Crippen molar-refractivity contribution in [3.05, 3.63) is 83.4 Å². The lowest BCUT2D eigenvalue weighted by Crippen LogP contribution is -2.26. The van der Waals surface area contributed by atoms with Crippen LogP contribution in [0.15, 0.2) is 66.7 Å². The number of allylic oxidation sites excluding steroid dienone is 1. The number of nitrogens with one attached hydrogen (secondary N) is 2. The van der Waals surface area contributed by atoms with E-state index < -0.39 is 11.9 Å². The van der Waals surface area contributed by atoms with Crippen LogP contribution in [0.1, 0.15) is 33.2 Å². The van der Waals surface area contributed by atoms with Crippen LogP contribution in [0.4, 0.5) is 5.69 Å². The zero-order valence-corrected chi connectivity index (χ0v) is 18.7. The van der Waals surface area contributed by atoms with Gasteiger partial charge in [0.2, 0.25) is 5.91 Å². The average Bonchev–Trinajstić information content (AvgIpc) is 2.78. The van der Waals surface area contributed by atoms with E-state index in [-0.39, 0.29) is 22.7 Å². The maximum atomic E-state index is 12.6. The fraction of sp³-hybridized carbons (Fsp3) is 0.160. The van der Waals surface area contributed by atoms with Crippen LogP contribution in [0.25, 0.3) is 16.3 Å². The summed E-state index contributed by atoms with van der Waals surface area (Å²) in [6.45, 7) is 2.31. The molecule has 0 aliphatic rings. The average molecular weight is 449 g/mol. The van der Waals surface area contributed by atoms with Crippen molar-refractivity contribution in [3.63, 3.8) is 0 Å². The maximum absolute atomic E-state index is 12.6. The summed E-state index contributed by atoms with van der Waals surface area (Å²) in [4.78, 5) is 36.6. The monoisotopic (exact) mass is 448 g/mol. The van der Waals surface area contributed by atoms with Crippen molar-refractivity contribution in [1.82, 2.24) is 5.32 Å². The summed E-state index contributed by atoms with van der Waals surface area (Å²) in [5.41, 5.74) is 1.88. The van der Waals surface area contributed by atoms with E-state index in [4.69, 9.17) is 0 Å². The van der Waals surface area contributed by atoms with Crippen LogP contribution in [0.2, 0.25) is 0 Å². The van der Waals surface area contributed by atoms with Crippen LogP contribution >= 0.6 is 11.8 Å². The predicted molar refractivity (Wildman–Crippen MR) is 130 cm³/mol. The van der Waals surface area contributed by atoms with E-state index in [1.165, 1.54) is 24.3 Å². The molecule has 0 saturated heterocycles. The third-order valence-electron chi connectivity index (χ3n) is 4.91. The second-order valence-electron chi connectivity index (χ2n) is 7.19. The summed E-state index contributed by atoms with van der Waals surface area (Å²) >= 11 is 1.61. The molecule has 3 N–H and O–H groups in total. The van der Waals surface area contributed by atoms with Crippen LogP contribution in [0, 0.1) is 0 Å². The third kappa shape index (κ3) is 5.76. The van der Waals surface area contributed by atoms with Crippen LogP contribution in [0.3, 0.4) is 0 Å². The molecule has 0 saturated carbocycles. The lowest BCUT2D eigenvalue weighted by Gasteiger charge is -2.11. The summed E-state index contributed by atoms with van der Waals surface area (Å²) < 4.78 is 0. The number of anilines is 1. The predicted octanol–water partition coefficient (Wildman–Crippen LogP) is 4.67. The van der Waals surface area contributed by atoms with Gasteiger partial charge in [-0.25, -0.2) is 4.79 Å². The molecule has 3 rings (SSSR count). The first-order valence-electron chi connectivity index (χ1n) is 10.0. The van der Waals surface area contributed by atoms with Gasteiger partial charge >= 0.3 is 5.97 Å². The number of carbonyl (C=O) groups excluding carboxylic acids is 2. The van der Waals surface area contributed by atoms with E-state index in [9.17, 15) is 19.5 Å². The molecule has 0 spiro atoms. The summed E-state index contributed by atoms with van der Waals surface area (Å²) in [6.07, 6.45) is 3.36. The van der Waals surface area contributed by atoms with Gasteiger partial charge in [-0.3, -0.25) is 9.59 Å². The summed E-state index contributed by atoms with van der Waals surface area (Å²) in [6, 6.07) is 18.0. The molecule has 0 bridgehead atoms. The van der Waals surface area contributed by atoms with Crippen molar-refractivity contribution >= 4 is 51.6 Å². The number of rotatable bonds is 8. The molecule has 32 heavy (non-hydrogen) atoms. The van der Waals surface area contributed by atoms with Gasteiger partial charge in [0, 0.05) is 23.9 Å². The Balaban J connectivity index is 1.82. The highest BCUT2D eigenvalue weighted by atomic mass is 32.2. The smallest absolute Gasteiger partial charge is 0.337 e. The van der Waals surface area contributed by atoms with Crippen LogP contribution in [-0.2, 0) is 4.79 Å². The van der Waals surface area contributed by atoms with Crippen molar-refractivity contribution < 1.29 is 19.5 Å². The Bertz CT molecular complexity index is 1200. The van der Waals surface area contributed by atoms with Gasteiger partial charge < -0.3 is 15.7 Å². The summed E-state index contributed by atoms with van der Waals surface area (Å²) in [5, 5.41) is 17.0. The Morgan fingerprint density at radius 1 is 0.969 bits per heavy atom. The largest absolute Gasteiger partial charge is 0.478 e. The number of hydrogen-bond acceptors (Lipinski definition) is 4. The molecule has 6 nitrogen and oxygen atoms in total. The zero-order chi connectivity index (χ0) is 23.1. The van der Waals surface area contributed by atoms with Crippen LogP contribution in [-0.4, -0.2) is 41.4 Å². The minimum Gasteiger partial charge on any atom is -0.478 e. The van der Waals surface area contributed by atoms with Gasteiger partial charge in [0.25, 0.3) is 5.91 Å². The quantitative estimate of drug-likeness (QED) is 0.344. The fourth-order valence-electron chi connectivity index (χ4n) is 3.23. The lowest BCUT2D eigenvalue weighted by molar-refractivity contribution is -0.111. The summed E-state index contributed by atoms with van der Waals surface area (Å²) in [5.74, 6) is -1.22. The van der Waals surface area contributed by atoms with Gasteiger partial charge in [-0.1, -0.05) is 36.4 Å². The molecule has 164 valence electrons. The van der Waals surface area contributed by atoms with E-state index in [2.05, 4.69) is 10.6 Å². The van der Waals surface area contributed by atoms with Crippen LogP contribution < -0.4 is 10.6 Å². The second kappa shape index (κ2) is 10.6. The van der Waals surface area contributed by atoms with Gasteiger partial charge in [0.15, 0.2) is 0 Å². The molecule has 7 heteroatoms. The zero-order valence-electron chi connectivity index (χ0n) is 17.8. The minimum atomic E-state index is -1.19. The van der Waals surface area contributed by atoms with E-state index >= 15 is 0 Å². The Kier molecular flexibility index (Phi) is 7.68. The summed E-state index contributed by atoms with van der Waals surface area (Å²) in [7, 11) is 0. The van der Waals surface area contributed by atoms with Crippen molar-refractivity contribution in [1.29, 1.82) is 0 Å². The van der Waals surface area contributed by atoms with Gasteiger partial charge in [-0.05, 0) is 59.4 Å². The first-order valence-corrected chi connectivity index (χ1v) is 11.4. The number of amides is 2. The molecule has 0 aliphatic heterocycles. The highest BCUT2D eigenvalue weighted by molar-refractivity contribution is 7.98. The number of aromatic carboxylic acids is 1. The molecular weight excluding hydrogens is 424 g/mol. The number of thioether (sulfide) groups is 1. The molecule has 2 amide bonds. The molecule has 3 aromatic carbocycles. The first-order chi connectivity index (χ1) is 15.4. The van der Waals surface area contributed by atoms with Crippen molar-refractivity contribution in [2.75, 3.05) is 23.9 Å². The fourth-order valence-corrected chi connectivity index (χ4v) is 3.53. The van der Waals surface area contributed by atoms with Crippen molar-refractivity contribution in [2.45, 2.75) is 6.92 Å². The lowest BCUT2D eigenvalue weighted by atomic mass is 10.0. The molecule has 3 aromatic rings. The maximum Gasteiger partial charge on any atom is 0.337 e. The van der Waals surface area contributed by atoms with Crippen molar-refractivity contribution in [2.24, 2.45) is 0 Å². The minimum absolute atomic E-state index is 0.0718. The van der Waals surface area contributed by atoms with Gasteiger partial charge in [-0.15, -0.1) is 0 Å². The van der Waals surface area contributed by atoms with Gasteiger partial charge in [0.05, 0.1) is 11.3 Å². The Labute approximate surface area is 190 Å². The van der Waals surface area contributed by atoms with Gasteiger partial charge in [-0.2, -0.15) is 11.8 Å². The third-order valence-corrected chi connectivity index (χ3v) is 5.53. The number of carbonyl (C=O) groups is 3. The molecular formula is C25H24N2O4S. The number of carboxylic acid groups (broad SMARTS) is 1. The first kappa shape index (κ1) is 23.1. The molecule has 0 radical (unpaired) electrons. The normalized spacial score (nSPS) is 11.2. The Morgan fingerprint density at radius 3 is 2.41 bits per heavy atom. The van der Waals surface area contributed by atoms with E-state index in [0.29, 0.717) is 6.54 Å². The highest BCUT2D eigenvalue weighted by Crippen LogP contribution is 2.22. The SMILES string of the molecule is CSCCNC(=O)c1ccc(C(=O)O)c(NC(=O)C=C(C)c2ccc3ccccc3c2)c1. The van der Waals surface area contributed by atoms with Gasteiger partial charge in [0.1, 0.15) is 0 Å². The van der Waals surface area contributed by atoms with E-state index in [1.54, 1.807) is 11.8 Å². The number of benzene rings is 3. The number of fused-ring (bicyclic) bond motifs is 1. The molecule has 0 aliphatic carbocycles. The number of carboxylic acids is 1. The Morgan fingerprint density at radius 2 is 1.69 bits per heavy atom. The molecule has 0 aromatic heterocycles. The van der Waals surface area contributed by atoms with E-state index in [0.717, 1.165) is 27.7 Å². The Hall–Kier alpha value is -3.58. The highest BCUT2D eigenvalue weighted by Gasteiger charge is 2.15. The van der Waals surface area contributed by atoms with Crippen molar-refractivity contribution in [3.8, 4) is 0 Å². The molecule has 0 heterocycles. The second-order valence-corrected chi connectivity index (χ2v) is 8.18. The molecule has 0 unspecified atom stereocenters.